The first-order chi connectivity index (χ1) is 60.8. The number of hydrogen-bond donors (Lipinski definition) is 8. The summed E-state index contributed by atoms with van der Waals surface area (Å²) in [6.45, 7) is 67.6. The third-order valence-corrected chi connectivity index (χ3v) is 21.7. The van der Waals surface area contributed by atoms with Crippen molar-refractivity contribution in [3.63, 3.8) is 0 Å². The van der Waals surface area contributed by atoms with Crippen LogP contribution in [0, 0.1) is 77.9 Å². The highest BCUT2D eigenvalue weighted by molar-refractivity contribution is 5.87. The molecule has 8 atom stereocenters. The van der Waals surface area contributed by atoms with E-state index >= 15 is 0 Å². The van der Waals surface area contributed by atoms with Gasteiger partial charge in [0, 0.05) is 123 Å². The van der Waals surface area contributed by atoms with Crippen molar-refractivity contribution in [2.24, 2.45) is 53.3 Å². The van der Waals surface area contributed by atoms with E-state index in [1.807, 2.05) is 20.8 Å². The molecule has 4 aliphatic rings. The zero-order chi connectivity index (χ0) is 101. The van der Waals surface area contributed by atoms with Crippen LogP contribution in [-0.4, -0.2) is 240 Å². The van der Waals surface area contributed by atoms with Crippen molar-refractivity contribution in [3.05, 3.63) is 36.5 Å². The van der Waals surface area contributed by atoms with E-state index in [1.165, 1.54) is 0 Å². The first-order valence-corrected chi connectivity index (χ1v) is 46.7. The summed E-state index contributed by atoms with van der Waals surface area (Å²) in [5.74, 6) is -1.06. The molecule has 0 aromatic carbocycles. The zero-order valence-corrected chi connectivity index (χ0v) is 85.2. The first-order valence-electron chi connectivity index (χ1n) is 46.7. The number of hydrogen-bond acceptors (Lipinski definition) is 29. The lowest BCUT2D eigenvalue weighted by Crippen LogP contribution is -2.49. The Morgan fingerprint density at radius 3 is 1.07 bits per heavy atom. The van der Waals surface area contributed by atoms with Gasteiger partial charge >= 0.3 is 30.1 Å². The molecule has 32 nitrogen and oxygen atoms in total. The molecule has 8 N–H and O–H groups in total. The third-order valence-electron chi connectivity index (χ3n) is 21.7. The molecule has 754 valence electrons. The highest BCUT2D eigenvalue weighted by atomic mass is 16.6. The number of carbonyl (C=O) groups is 6. The van der Waals surface area contributed by atoms with Gasteiger partial charge in [-0.1, -0.05) is 103 Å². The summed E-state index contributed by atoms with van der Waals surface area (Å²) in [6.07, 6.45) is 26.9. The maximum absolute atomic E-state index is 13.3. The highest BCUT2D eigenvalue weighted by Crippen LogP contribution is 2.51. The first kappa shape index (κ1) is 127. The Morgan fingerprint density at radius 2 is 0.740 bits per heavy atom. The van der Waals surface area contributed by atoms with Gasteiger partial charge in [-0.3, -0.25) is 4.79 Å². The van der Waals surface area contributed by atoms with Crippen LogP contribution in [0.5, 0.6) is 0 Å². The fourth-order valence-electron chi connectivity index (χ4n) is 17.6. The molecule has 32 heteroatoms. The van der Waals surface area contributed by atoms with E-state index in [4.69, 9.17) is 83.6 Å². The number of unbranched alkanes of at least 4 members (excludes halogenated alkanes) is 5. The predicted octanol–water partition coefficient (Wildman–Crippen LogP) is 16.3. The standard InChI is InChI=1S/C31H56N2O7.C20H36N2O5.2C12H18N2O2.2C10H19NO2.C4H10O2/c1-24(2)27(36)39-20-15-33(29(3,4)5)26(35)13-14-31(8)22-25(21-30(6,7)23-31)32-28(37)40-19-12-11-18-38-17-10-9-16-34;1-19(2)12-17(13-20(3,14-19)15-26-16-21)22-18(24)27-11-7-6-10-25-9-5-4-8-23;2*1-11(2)4-10(16-8-13)5-12(3,6-11)7-14-9-15;2*1-8(2)9(12)13-7-6-11-10(3,4)5;5-3-1-2-4-6/h25,34H,1,9-23H2,2-8H3,(H,32,37);17,23H,4-15H2,1-3H3,(H,22,24);2*10H,4-7H2,1-3H3;2*11H,1,6-7H2,2-5H3;5-6H,1-4H2. The van der Waals surface area contributed by atoms with Crippen LogP contribution in [0.2, 0.25) is 0 Å². The zero-order valence-electron chi connectivity index (χ0n) is 85.2. The van der Waals surface area contributed by atoms with Crippen LogP contribution in [0.4, 0.5) is 9.59 Å². The maximum atomic E-state index is 13.3. The molecule has 0 radical (unpaired) electrons. The number of rotatable bonds is 46. The number of nitrogens with zero attached hydrogens (tertiary/aromatic N) is 6. The second-order valence-electron chi connectivity index (χ2n) is 43.0. The van der Waals surface area contributed by atoms with E-state index in [-0.39, 0.29) is 136 Å². The van der Waals surface area contributed by atoms with Crippen LogP contribution in [0.15, 0.2) is 46.4 Å². The second-order valence-corrected chi connectivity index (χ2v) is 43.0. The van der Waals surface area contributed by atoms with Gasteiger partial charge in [0.2, 0.25) is 18.1 Å². The quantitative estimate of drug-likeness (QED) is 0.00534. The van der Waals surface area contributed by atoms with Crippen LogP contribution in [0.3, 0.4) is 0 Å². The van der Waals surface area contributed by atoms with E-state index in [9.17, 15) is 38.4 Å². The average Bonchev–Trinajstić information content (AvgIpc) is 0.804. The fraction of sp³-hybridized carbons (Fsp3) is 0.828. The maximum Gasteiger partial charge on any atom is 0.407 e. The number of alkyl carbamates (subject to hydrolysis) is 2. The van der Waals surface area contributed by atoms with Crippen LogP contribution in [0.1, 0.15) is 320 Å². The summed E-state index contributed by atoms with van der Waals surface area (Å²) in [4.78, 5) is 101. The van der Waals surface area contributed by atoms with Gasteiger partial charge in [0.1, 0.15) is 38.6 Å². The van der Waals surface area contributed by atoms with Gasteiger partial charge in [-0.25, -0.2) is 43.5 Å². The molecular weight excluding hydrogens is 1680 g/mol. The molecule has 0 aromatic rings. The Hall–Kier alpha value is -8.05. The van der Waals surface area contributed by atoms with E-state index in [2.05, 4.69) is 176 Å². The topological polar surface area (TPSA) is 457 Å². The molecule has 0 aromatic heterocycles. The monoisotopic (exact) mass is 1860 g/mol. The predicted molar refractivity (Wildman–Crippen MR) is 508 cm³/mol. The molecule has 4 aliphatic carbocycles. The summed E-state index contributed by atoms with van der Waals surface area (Å²) >= 11 is 0. The van der Waals surface area contributed by atoms with Crippen LogP contribution in [-0.2, 0) is 76.1 Å². The lowest BCUT2D eigenvalue weighted by molar-refractivity contribution is -0.144. The summed E-state index contributed by atoms with van der Waals surface area (Å²) in [7, 11) is 0. The van der Waals surface area contributed by atoms with Crippen molar-refractivity contribution in [2.75, 3.05) is 125 Å². The van der Waals surface area contributed by atoms with Crippen molar-refractivity contribution in [3.8, 4) is 18.8 Å². The average molecular weight is 1860 g/mol. The van der Waals surface area contributed by atoms with Crippen LogP contribution >= 0.6 is 0 Å². The number of carbonyl (C=O) groups excluding carboxylic acids is 8. The molecule has 0 spiro atoms. The van der Waals surface area contributed by atoms with Crippen LogP contribution in [0.25, 0.3) is 0 Å². The van der Waals surface area contributed by atoms with E-state index in [0.717, 1.165) is 141 Å². The smallest absolute Gasteiger partial charge is 0.407 e. The molecule has 4 rings (SSSR count). The van der Waals surface area contributed by atoms with Crippen LogP contribution < -0.4 is 21.3 Å². The number of ether oxygens (including phenoxy) is 10. The molecule has 0 aliphatic heterocycles. The van der Waals surface area contributed by atoms with Gasteiger partial charge in [0.25, 0.3) is 18.8 Å². The van der Waals surface area contributed by atoms with Gasteiger partial charge in [-0.15, -0.1) is 0 Å². The van der Waals surface area contributed by atoms with E-state index in [0.29, 0.717) is 122 Å². The minimum Gasteiger partial charge on any atom is -0.461 e. The summed E-state index contributed by atoms with van der Waals surface area (Å²) in [5.41, 5.74) is 0.877. The Morgan fingerprint density at radius 1 is 0.420 bits per heavy atom. The number of isocyanates is 2. The van der Waals surface area contributed by atoms with Crippen molar-refractivity contribution < 1.29 is 106 Å². The summed E-state index contributed by atoms with van der Waals surface area (Å²) in [6, 6.07) is -0.00474. The molecule has 4 saturated carbocycles. The largest absolute Gasteiger partial charge is 0.461 e. The number of amides is 3. The Balaban J connectivity index is -0.00000156. The van der Waals surface area contributed by atoms with Crippen molar-refractivity contribution in [2.45, 2.75) is 361 Å². The molecular formula is C99H176N10O22. The molecule has 4 fully saturated rings. The minimum absolute atomic E-state index is 0.0157. The van der Waals surface area contributed by atoms with Gasteiger partial charge in [0.05, 0.1) is 32.8 Å². The van der Waals surface area contributed by atoms with Gasteiger partial charge in [-0.2, -0.15) is 15.8 Å². The number of nitriles is 3. The Labute approximate surface area is 787 Å². The van der Waals surface area contributed by atoms with Gasteiger partial charge in [-0.05, 0) is 269 Å². The molecule has 0 saturated heterocycles. The van der Waals surface area contributed by atoms with Crippen molar-refractivity contribution in [1.29, 1.82) is 15.8 Å². The normalized spacial score (nSPS) is 21.7. The van der Waals surface area contributed by atoms with Gasteiger partial charge in [0.15, 0.2) is 0 Å². The second kappa shape index (κ2) is 66.4. The molecule has 3 amide bonds. The summed E-state index contributed by atoms with van der Waals surface area (Å²) in [5, 5.41) is 71.9. The minimum atomic E-state index is -0.449. The number of nitrogens with one attached hydrogen (secondary N) is 4. The highest BCUT2D eigenvalue weighted by Gasteiger charge is 2.46. The van der Waals surface area contributed by atoms with Crippen molar-refractivity contribution >= 4 is 48.2 Å². The molecule has 8 unspecified atom stereocenters. The number of esters is 3. The number of aliphatic imine (C=N–C) groups is 2. The third kappa shape index (κ3) is 68.6. The molecule has 0 heterocycles. The number of aliphatic hydroxyl groups is 4. The molecule has 0 bridgehead atoms. The lowest BCUT2D eigenvalue weighted by atomic mass is 9.61. The number of aliphatic hydroxyl groups excluding tert-OH is 4. The van der Waals surface area contributed by atoms with Gasteiger partial charge < -0.3 is 94.0 Å². The molecule has 131 heavy (non-hydrogen) atoms. The fourth-order valence-corrected chi connectivity index (χ4v) is 17.6. The van der Waals surface area contributed by atoms with E-state index < -0.39 is 17.6 Å². The Kier molecular flexibility index (Phi) is 64.4. The Bertz CT molecular complexity index is 3420. The van der Waals surface area contributed by atoms with Crippen molar-refractivity contribution in [1.82, 2.24) is 26.2 Å². The summed E-state index contributed by atoms with van der Waals surface area (Å²) < 4.78 is 51.8. The lowest BCUT2D eigenvalue weighted by Gasteiger charge is -2.47. The van der Waals surface area contributed by atoms with E-state index in [1.54, 1.807) is 56.6 Å². The SMILES string of the molecule is C=C(C)C(=O)OCCN(C(=O)CCC1(C)CC(NC(=O)OCCCCOCCCCO)CC(C)(C)C1)C(C)(C)C.C=C(C)C(=O)OCCNC(C)(C)C.C=C(C)C(=O)OCCNC(C)(C)C.CC1(C)CC(NC(=O)OCCCCOCCCCO)CC(C)(COC#N)C1.CC1(C)CC(OC#N)CC(C)(CN=C=O)C1.CC1(C)CC(OC#N)CC(C)(CN=C=O)C1.OCCCCO.